The van der Waals surface area contributed by atoms with Gasteiger partial charge in [0.15, 0.2) is 12.2 Å². The van der Waals surface area contributed by atoms with Gasteiger partial charge in [0.2, 0.25) is 6.41 Å². The van der Waals surface area contributed by atoms with Crippen molar-refractivity contribution < 1.29 is 33.3 Å². The van der Waals surface area contributed by atoms with E-state index in [0.717, 1.165) is 11.1 Å². The van der Waals surface area contributed by atoms with Crippen molar-refractivity contribution >= 4 is 18.3 Å². The molecule has 3 rings (SSSR count). The van der Waals surface area contributed by atoms with Gasteiger partial charge in [-0.05, 0) is 17.5 Å². The third-order valence-corrected chi connectivity index (χ3v) is 5.99. The molecule has 0 aromatic heterocycles. The molecule has 2 aromatic carbocycles. The van der Waals surface area contributed by atoms with E-state index in [9.17, 15) is 14.4 Å². The van der Waals surface area contributed by atoms with Crippen LogP contribution >= 0.6 is 0 Å². The number of nitrogens with zero attached hydrogens (tertiary/aromatic N) is 1. The standard InChI is InChI=1S/C28H33NO7/c1-4-11-24-26(35-20(2)31)28(34-17-23-14-9-6-10-15-23)27(36-21(3)32)25(29(24)19-30)18-33-16-22-12-7-5-8-13-22/h4-10,12-15,19,24-28H,1,11,16-18H2,2-3H3/t24-,25-,26+,27-,28-/m1/s1. The van der Waals surface area contributed by atoms with Crippen molar-refractivity contribution in [2.75, 3.05) is 6.61 Å². The number of likely N-dealkylation sites (tertiary alicyclic amines) is 1. The molecule has 1 aliphatic heterocycles. The van der Waals surface area contributed by atoms with Gasteiger partial charge in [-0.2, -0.15) is 0 Å². The van der Waals surface area contributed by atoms with Crippen LogP contribution in [0.3, 0.4) is 0 Å². The van der Waals surface area contributed by atoms with Gasteiger partial charge in [-0.3, -0.25) is 14.4 Å². The van der Waals surface area contributed by atoms with Gasteiger partial charge < -0.3 is 23.8 Å². The first-order valence-corrected chi connectivity index (χ1v) is 11.9. The molecule has 1 saturated heterocycles. The van der Waals surface area contributed by atoms with Crippen LogP contribution in [0.25, 0.3) is 0 Å². The summed E-state index contributed by atoms with van der Waals surface area (Å²) in [5.41, 5.74) is 1.86. The topological polar surface area (TPSA) is 91.4 Å². The molecule has 1 aliphatic rings. The molecule has 1 amide bonds. The summed E-state index contributed by atoms with van der Waals surface area (Å²) in [6.07, 6.45) is 0.000738. The zero-order valence-corrected chi connectivity index (χ0v) is 20.7. The molecule has 8 heteroatoms. The third-order valence-electron chi connectivity index (χ3n) is 5.99. The molecule has 0 bridgehead atoms. The Bertz CT molecular complexity index is 997. The van der Waals surface area contributed by atoms with Gasteiger partial charge in [-0.25, -0.2) is 0 Å². The molecule has 2 aromatic rings. The summed E-state index contributed by atoms with van der Waals surface area (Å²) in [6.45, 7) is 6.98. The Kier molecular flexibility index (Phi) is 10.2. The highest BCUT2D eigenvalue weighted by Gasteiger charge is 2.52. The lowest BCUT2D eigenvalue weighted by Crippen LogP contribution is -2.69. The maximum absolute atomic E-state index is 12.4. The number of esters is 2. The molecular formula is C28H33NO7. The van der Waals surface area contributed by atoms with E-state index in [-0.39, 0.29) is 13.2 Å². The Labute approximate surface area is 211 Å². The van der Waals surface area contributed by atoms with Crippen molar-refractivity contribution in [2.24, 2.45) is 0 Å². The molecule has 5 atom stereocenters. The van der Waals surface area contributed by atoms with Crippen LogP contribution in [0.4, 0.5) is 0 Å². The van der Waals surface area contributed by atoms with Gasteiger partial charge in [0.1, 0.15) is 6.10 Å². The van der Waals surface area contributed by atoms with E-state index < -0.39 is 42.3 Å². The molecule has 1 fully saturated rings. The number of carbonyl (C=O) groups excluding carboxylic acids is 3. The molecule has 8 nitrogen and oxygen atoms in total. The fourth-order valence-electron chi connectivity index (χ4n) is 4.48. The predicted octanol–water partition coefficient (Wildman–Crippen LogP) is 3.44. The minimum atomic E-state index is -0.933. The number of carbonyl (C=O) groups is 3. The van der Waals surface area contributed by atoms with E-state index in [2.05, 4.69) is 6.58 Å². The lowest BCUT2D eigenvalue weighted by molar-refractivity contribution is -0.218. The van der Waals surface area contributed by atoms with Gasteiger partial charge in [0.25, 0.3) is 0 Å². The summed E-state index contributed by atoms with van der Waals surface area (Å²) in [5, 5.41) is 0. The van der Waals surface area contributed by atoms with Crippen LogP contribution < -0.4 is 0 Å². The number of hydrogen-bond acceptors (Lipinski definition) is 7. The van der Waals surface area contributed by atoms with Crippen molar-refractivity contribution in [1.82, 2.24) is 4.90 Å². The van der Waals surface area contributed by atoms with Crippen molar-refractivity contribution in [3.05, 3.63) is 84.4 Å². The van der Waals surface area contributed by atoms with Gasteiger partial charge >= 0.3 is 11.9 Å². The first-order valence-electron chi connectivity index (χ1n) is 11.9. The number of benzene rings is 2. The molecular weight excluding hydrogens is 462 g/mol. The van der Waals surface area contributed by atoms with E-state index in [1.165, 1.54) is 18.7 Å². The first kappa shape index (κ1) is 27.1. The van der Waals surface area contributed by atoms with E-state index in [1.807, 2.05) is 60.7 Å². The molecule has 0 saturated carbocycles. The van der Waals surface area contributed by atoms with E-state index in [1.54, 1.807) is 6.08 Å². The number of amides is 1. The fraction of sp³-hybridized carbons (Fsp3) is 0.393. The van der Waals surface area contributed by atoms with Gasteiger partial charge in [-0.15, -0.1) is 6.58 Å². The molecule has 0 radical (unpaired) electrons. The Hall–Kier alpha value is -3.49. The van der Waals surface area contributed by atoms with Crippen molar-refractivity contribution in [3.8, 4) is 0 Å². The minimum Gasteiger partial charge on any atom is -0.457 e. The number of hydrogen-bond donors (Lipinski definition) is 0. The van der Waals surface area contributed by atoms with Crippen LogP contribution in [0.2, 0.25) is 0 Å². The summed E-state index contributed by atoms with van der Waals surface area (Å²) >= 11 is 0. The highest BCUT2D eigenvalue weighted by Crippen LogP contribution is 2.33. The second kappa shape index (κ2) is 13.6. The fourth-order valence-corrected chi connectivity index (χ4v) is 4.48. The lowest BCUT2D eigenvalue weighted by Gasteiger charge is -2.50. The van der Waals surface area contributed by atoms with Crippen molar-refractivity contribution in [1.29, 1.82) is 0 Å². The molecule has 36 heavy (non-hydrogen) atoms. The maximum atomic E-state index is 12.4. The van der Waals surface area contributed by atoms with E-state index in [4.69, 9.17) is 18.9 Å². The Morgan fingerprint density at radius 3 is 1.86 bits per heavy atom. The Morgan fingerprint density at radius 2 is 1.36 bits per heavy atom. The van der Waals surface area contributed by atoms with Crippen molar-refractivity contribution in [3.63, 3.8) is 0 Å². The summed E-state index contributed by atoms with van der Waals surface area (Å²) in [6, 6.07) is 17.8. The highest BCUT2D eigenvalue weighted by molar-refractivity contribution is 5.67. The van der Waals surface area contributed by atoms with Gasteiger partial charge in [0.05, 0.1) is 31.9 Å². The van der Waals surface area contributed by atoms with Crippen LogP contribution in [0, 0.1) is 0 Å². The third kappa shape index (κ3) is 7.26. The molecule has 0 aliphatic carbocycles. The summed E-state index contributed by atoms with van der Waals surface area (Å²) < 4.78 is 23.6. The molecule has 1 heterocycles. The zero-order valence-electron chi connectivity index (χ0n) is 20.7. The summed E-state index contributed by atoms with van der Waals surface area (Å²) in [7, 11) is 0. The van der Waals surface area contributed by atoms with E-state index >= 15 is 0 Å². The SMILES string of the molecule is C=CC[C@@H]1[C@H](OC(C)=O)[C@@H](OCc2ccccc2)[C@H](OC(C)=O)[C@@H](COCc2ccccc2)N1C=O. The normalized spacial score (nSPS) is 23.5. The monoisotopic (exact) mass is 495 g/mol. The number of ether oxygens (including phenoxy) is 4. The van der Waals surface area contributed by atoms with Crippen LogP contribution in [-0.2, 0) is 46.5 Å². The molecule has 0 N–H and O–H groups in total. The first-order chi connectivity index (χ1) is 17.4. The smallest absolute Gasteiger partial charge is 0.303 e. The number of piperidine rings is 1. The van der Waals surface area contributed by atoms with Crippen LogP contribution in [0.5, 0.6) is 0 Å². The van der Waals surface area contributed by atoms with Crippen molar-refractivity contribution in [2.45, 2.75) is 63.9 Å². The van der Waals surface area contributed by atoms with Crippen LogP contribution in [0.15, 0.2) is 73.3 Å². The summed E-state index contributed by atoms with van der Waals surface area (Å²) in [5.74, 6) is -1.08. The Morgan fingerprint density at radius 1 is 0.833 bits per heavy atom. The average Bonchev–Trinajstić information content (AvgIpc) is 2.86. The molecule has 192 valence electrons. The average molecular weight is 496 g/mol. The maximum Gasteiger partial charge on any atom is 0.303 e. The number of rotatable bonds is 12. The minimum absolute atomic E-state index is 0.0806. The highest BCUT2D eigenvalue weighted by atomic mass is 16.6. The molecule has 0 unspecified atom stereocenters. The van der Waals surface area contributed by atoms with Gasteiger partial charge in [-0.1, -0.05) is 66.7 Å². The summed E-state index contributed by atoms with van der Waals surface area (Å²) in [4.78, 5) is 38.1. The molecule has 0 spiro atoms. The largest absolute Gasteiger partial charge is 0.457 e. The van der Waals surface area contributed by atoms with Crippen LogP contribution in [0.1, 0.15) is 31.4 Å². The predicted molar refractivity (Wildman–Crippen MR) is 133 cm³/mol. The van der Waals surface area contributed by atoms with Gasteiger partial charge in [0, 0.05) is 13.8 Å². The lowest BCUT2D eigenvalue weighted by atomic mass is 9.86. The second-order valence-electron chi connectivity index (χ2n) is 8.62. The second-order valence-corrected chi connectivity index (χ2v) is 8.62. The Balaban J connectivity index is 1.94. The zero-order chi connectivity index (χ0) is 25.9. The van der Waals surface area contributed by atoms with E-state index in [0.29, 0.717) is 19.4 Å². The van der Waals surface area contributed by atoms with Crippen LogP contribution in [-0.4, -0.2) is 60.3 Å². The quantitative estimate of drug-likeness (QED) is 0.253.